The summed E-state index contributed by atoms with van der Waals surface area (Å²) >= 11 is 5.57. The van der Waals surface area contributed by atoms with Gasteiger partial charge in [-0.05, 0) is 29.8 Å². The zero-order valence-electron chi connectivity index (χ0n) is 10.4. The van der Waals surface area contributed by atoms with Gasteiger partial charge in [-0.1, -0.05) is 17.7 Å². The number of aliphatic hydroxyl groups is 1. The molecule has 104 valence electrons. The third-order valence-electron chi connectivity index (χ3n) is 2.74. The molecule has 1 atom stereocenters. The summed E-state index contributed by atoms with van der Waals surface area (Å²) in [6.07, 6.45) is -0.854. The number of rotatable bonds is 5. The molecule has 0 bridgehead atoms. The van der Waals surface area contributed by atoms with Gasteiger partial charge in [-0.15, -0.1) is 0 Å². The maximum absolute atomic E-state index is 13.3. The van der Waals surface area contributed by atoms with Crippen molar-refractivity contribution < 1.29 is 13.9 Å². The Kier molecular flexibility index (Phi) is 4.74. The summed E-state index contributed by atoms with van der Waals surface area (Å²) in [5.74, 6) is 0.270. The Bertz CT molecular complexity index is 636. The predicted octanol–water partition coefficient (Wildman–Crippen LogP) is 2.77. The molecule has 6 heteroatoms. The van der Waals surface area contributed by atoms with E-state index in [9.17, 15) is 9.50 Å². The fraction of sp³-hybridized carbons (Fsp3) is 0.214. The van der Waals surface area contributed by atoms with Gasteiger partial charge in [0.1, 0.15) is 17.6 Å². The molecule has 0 aliphatic carbocycles. The lowest BCUT2D eigenvalue weighted by molar-refractivity contribution is 0.173. The molecule has 0 radical (unpaired) electrons. The fourth-order valence-electron chi connectivity index (χ4n) is 1.70. The fourth-order valence-corrected chi connectivity index (χ4v) is 1.82. The second-order valence-electron chi connectivity index (χ2n) is 4.20. The van der Waals surface area contributed by atoms with Crippen molar-refractivity contribution in [1.29, 1.82) is 5.26 Å². The summed E-state index contributed by atoms with van der Waals surface area (Å²) < 4.78 is 18.4. The van der Waals surface area contributed by atoms with E-state index in [1.54, 1.807) is 18.2 Å². The van der Waals surface area contributed by atoms with Gasteiger partial charge in [0.05, 0.1) is 17.7 Å². The zero-order chi connectivity index (χ0) is 14.5. The number of furan rings is 1. The number of hydrogen-bond donors (Lipinski definition) is 2. The Labute approximate surface area is 120 Å². The summed E-state index contributed by atoms with van der Waals surface area (Å²) in [7, 11) is 0. The van der Waals surface area contributed by atoms with Crippen LogP contribution in [0.5, 0.6) is 0 Å². The van der Waals surface area contributed by atoms with E-state index in [2.05, 4.69) is 5.32 Å². The SMILES string of the molecule is N#Cc1ccc(CNCC(O)c2ccc(Cl)c(F)c2)o1. The van der Waals surface area contributed by atoms with Crippen LogP contribution < -0.4 is 5.32 Å². The van der Waals surface area contributed by atoms with E-state index >= 15 is 0 Å². The third kappa shape index (κ3) is 3.58. The molecule has 0 amide bonds. The van der Waals surface area contributed by atoms with E-state index in [1.807, 2.05) is 6.07 Å². The topological polar surface area (TPSA) is 69.2 Å². The quantitative estimate of drug-likeness (QED) is 0.889. The van der Waals surface area contributed by atoms with Gasteiger partial charge in [-0.25, -0.2) is 4.39 Å². The number of nitrogens with zero attached hydrogens (tertiary/aromatic N) is 1. The van der Waals surface area contributed by atoms with E-state index < -0.39 is 11.9 Å². The van der Waals surface area contributed by atoms with E-state index in [0.29, 0.717) is 17.9 Å². The highest BCUT2D eigenvalue weighted by Crippen LogP contribution is 2.20. The minimum atomic E-state index is -0.854. The molecule has 0 aliphatic rings. The van der Waals surface area contributed by atoms with Crippen LogP contribution in [0.2, 0.25) is 5.02 Å². The molecule has 0 saturated carbocycles. The van der Waals surface area contributed by atoms with Crippen molar-refractivity contribution in [3.63, 3.8) is 0 Å². The highest BCUT2D eigenvalue weighted by molar-refractivity contribution is 6.30. The lowest BCUT2D eigenvalue weighted by atomic mass is 10.1. The molecular weight excluding hydrogens is 283 g/mol. The molecule has 20 heavy (non-hydrogen) atoms. The predicted molar refractivity (Wildman–Crippen MR) is 71.5 cm³/mol. The van der Waals surface area contributed by atoms with Gasteiger partial charge >= 0.3 is 0 Å². The Balaban J connectivity index is 1.87. The van der Waals surface area contributed by atoms with Crippen LogP contribution in [0.3, 0.4) is 0 Å². The lowest BCUT2D eigenvalue weighted by Gasteiger charge is -2.12. The molecule has 0 spiro atoms. The van der Waals surface area contributed by atoms with E-state index in [-0.39, 0.29) is 17.3 Å². The Morgan fingerprint density at radius 1 is 1.40 bits per heavy atom. The summed E-state index contributed by atoms with van der Waals surface area (Å²) in [6, 6.07) is 9.31. The molecule has 1 heterocycles. The van der Waals surface area contributed by atoms with Crippen molar-refractivity contribution in [2.75, 3.05) is 6.54 Å². The first-order valence-electron chi connectivity index (χ1n) is 5.92. The average molecular weight is 295 g/mol. The van der Waals surface area contributed by atoms with Crippen molar-refractivity contribution in [3.05, 3.63) is 58.3 Å². The molecule has 0 aliphatic heterocycles. The van der Waals surface area contributed by atoms with Crippen molar-refractivity contribution in [2.45, 2.75) is 12.6 Å². The van der Waals surface area contributed by atoms with Gasteiger partial charge in [0, 0.05) is 6.54 Å². The normalized spacial score (nSPS) is 12.1. The maximum atomic E-state index is 13.3. The number of nitrogens with one attached hydrogen (secondary N) is 1. The number of hydrogen-bond acceptors (Lipinski definition) is 4. The van der Waals surface area contributed by atoms with E-state index in [1.165, 1.54) is 12.1 Å². The number of aliphatic hydroxyl groups excluding tert-OH is 1. The van der Waals surface area contributed by atoms with Crippen molar-refractivity contribution in [1.82, 2.24) is 5.32 Å². The zero-order valence-corrected chi connectivity index (χ0v) is 11.2. The first-order chi connectivity index (χ1) is 9.60. The van der Waals surface area contributed by atoms with Crippen LogP contribution >= 0.6 is 11.6 Å². The third-order valence-corrected chi connectivity index (χ3v) is 3.04. The lowest BCUT2D eigenvalue weighted by Crippen LogP contribution is -2.20. The summed E-state index contributed by atoms with van der Waals surface area (Å²) in [5, 5.41) is 21.5. The highest BCUT2D eigenvalue weighted by atomic mass is 35.5. The van der Waals surface area contributed by atoms with Crippen molar-refractivity contribution in [3.8, 4) is 6.07 Å². The molecular formula is C14H12ClFN2O2. The molecule has 2 aromatic rings. The first kappa shape index (κ1) is 14.5. The van der Waals surface area contributed by atoms with Gasteiger partial charge in [-0.3, -0.25) is 0 Å². The van der Waals surface area contributed by atoms with Gasteiger partial charge in [0.2, 0.25) is 5.76 Å². The average Bonchev–Trinajstić information content (AvgIpc) is 2.89. The monoisotopic (exact) mass is 294 g/mol. The standard InChI is InChI=1S/C14H12ClFN2O2/c15-12-4-1-9(5-13(12)16)14(19)8-18-7-11-3-2-10(6-17)20-11/h1-5,14,18-19H,7-8H2. The molecule has 4 nitrogen and oxygen atoms in total. The van der Waals surface area contributed by atoms with Crippen LogP contribution in [0.25, 0.3) is 0 Å². The van der Waals surface area contributed by atoms with Gasteiger partial charge in [0.25, 0.3) is 0 Å². The van der Waals surface area contributed by atoms with Gasteiger partial charge in [0.15, 0.2) is 0 Å². The highest BCUT2D eigenvalue weighted by Gasteiger charge is 2.10. The van der Waals surface area contributed by atoms with Crippen LogP contribution in [-0.2, 0) is 6.54 Å². The number of benzene rings is 1. The molecule has 2 rings (SSSR count). The Morgan fingerprint density at radius 3 is 2.85 bits per heavy atom. The molecule has 1 aromatic carbocycles. The summed E-state index contributed by atoms with van der Waals surface area (Å²) in [4.78, 5) is 0. The van der Waals surface area contributed by atoms with Crippen LogP contribution in [0.4, 0.5) is 4.39 Å². The molecule has 1 unspecified atom stereocenters. The van der Waals surface area contributed by atoms with Crippen LogP contribution in [0.1, 0.15) is 23.2 Å². The Hall–Kier alpha value is -1.87. The van der Waals surface area contributed by atoms with Crippen LogP contribution in [-0.4, -0.2) is 11.7 Å². The first-order valence-corrected chi connectivity index (χ1v) is 6.30. The minimum absolute atomic E-state index is 0.0218. The van der Waals surface area contributed by atoms with Crippen molar-refractivity contribution in [2.24, 2.45) is 0 Å². The largest absolute Gasteiger partial charge is 0.449 e. The summed E-state index contributed by atoms with van der Waals surface area (Å²) in [6.45, 7) is 0.596. The number of halogens is 2. The van der Waals surface area contributed by atoms with Crippen molar-refractivity contribution >= 4 is 11.6 Å². The van der Waals surface area contributed by atoms with Gasteiger partial charge in [-0.2, -0.15) is 5.26 Å². The number of nitriles is 1. The second kappa shape index (κ2) is 6.53. The Morgan fingerprint density at radius 2 is 2.20 bits per heavy atom. The summed E-state index contributed by atoms with van der Waals surface area (Å²) in [5.41, 5.74) is 0.441. The molecule has 2 N–H and O–H groups in total. The van der Waals surface area contributed by atoms with Gasteiger partial charge < -0.3 is 14.8 Å². The van der Waals surface area contributed by atoms with E-state index in [0.717, 1.165) is 0 Å². The second-order valence-corrected chi connectivity index (χ2v) is 4.61. The minimum Gasteiger partial charge on any atom is -0.449 e. The van der Waals surface area contributed by atoms with E-state index in [4.69, 9.17) is 21.3 Å². The van der Waals surface area contributed by atoms with Crippen LogP contribution in [0.15, 0.2) is 34.7 Å². The molecule has 1 aromatic heterocycles. The smallest absolute Gasteiger partial charge is 0.203 e. The maximum Gasteiger partial charge on any atom is 0.203 e. The molecule has 0 saturated heterocycles. The van der Waals surface area contributed by atoms with Crippen LogP contribution in [0, 0.1) is 17.1 Å². The molecule has 0 fully saturated rings.